The Hall–Kier alpha value is -4.34. The highest BCUT2D eigenvalue weighted by atomic mass is 16.5. The van der Waals surface area contributed by atoms with Gasteiger partial charge in [0, 0.05) is 17.0 Å². The number of nitrogens with zero attached hydrogens (tertiary/aromatic N) is 4. The fourth-order valence-electron chi connectivity index (χ4n) is 3.78. The number of phenolic OH excluding ortho intramolecular Hbond substituents is 1. The summed E-state index contributed by atoms with van der Waals surface area (Å²) in [6.07, 6.45) is 2.95. The molecule has 2 heterocycles. The molecule has 0 aliphatic rings. The monoisotopic (exact) mass is 464 g/mol. The molecular weight excluding hydrogens is 440 g/mol. The zero-order valence-electron chi connectivity index (χ0n) is 19.2. The number of rotatable bonds is 8. The number of methoxy groups -OCH3 is 3. The number of pyridine rings is 1. The number of aromatic nitrogens is 4. The summed E-state index contributed by atoms with van der Waals surface area (Å²) in [7, 11) is 4.53. The third-order valence-electron chi connectivity index (χ3n) is 5.29. The van der Waals surface area contributed by atoms with Crippen molar-refractivity contribution in [2.24, 2.45) is 0 Å². The highest BCUT2D eigenvalue weighted by Gasteiger charge is 2.26. The first-order chi connectivity index (χ1) is 16.5. The zero-order chi connectivity index (χ0) is 24.2. The van der Waals surface area contributed by atoms with Crippen LogP contribution in [0.5, 0.6) is 23.0 Å². The quantitative estimate of drug-likeness (QED) is 0.391. The van der Waals surface area contributed by atoms with Crippen molar-refractivity contribution in [1.29, 1.82) is 0 Å². The molecule has 10 nitrogen and oxygen atoms in total. The second-order valence-corrected chi connectivity index (χ2v) is 7.23. The summed E-state index contributed by atoms with van der Waals surface area (Å²) in [5, 5.41) is 14.9. The first-order valence-electron chi connectivity index (χ1n) is 10.5. The van der Waals surface area contributed by atoms with Crippen molar-refractivity contribution in [3.63, 3.8) is 0 Å². The number of aromatic hydroxyl groups is 1. The van der Waals surface area contributed by atoms with E-state index in [0.717, 1.165) is 0 Å². The smallest absolute Gasteiger partial charge is 0.340 e. The number of ether oxygens (including phenoxy) is 4. The Kier molecular flexibility index (Phi) is 6.48. The van der Waals surface area contributed by atoms with Crippen LogP contribution < -0.4 is 14.2 Å². The molecule has 4 rings (SSSR count). The SMILES string of the molecule is CCOC(=O)c1c(Cn2cncn2)nc2cc(OC)c(OC)cc2c1-c1ccc(O)c(OC)c1. The van der Waals surface area contributed by atoms with E-state index in [0.29, 0.717) is 39.2 Å². The largest absolute Gasteiger partial charge is 0.504 e. The van der Waals surface area contributed by atoms with Crippen molar-refractivity contribution in [2.45, 2.75) is 13.5 Å². The highest BCUT2D eigenvalue weighted by Crippen LogP contribution is 2.41. The molecule has 10 heteroatoms. The summed E-state index contributed by atoms with van der Waals surface area (Å²) in [5.74, 6) is 0.666. The van der Waals surface area contributed by atoms with Crippen LogP contribution in [0.2, 0.25) is 0 Å². The second kappa shape index (κ2) is 9.65. The van der Waals surface area contributed by atoms with E-state index in [4.69, 9.17) is 23.9 Å². The van der Waals surface area contributed by atoms with Gasteiger partial charge in [-0.25, -0.2) is 19.4 Å². The summed E-state index contributed by atoms with van der Waals surface area (Å²) < 4.78 is 23.3. The number of hydrogen-bond acceptors (Lipinski definition) is 9. The standard InChI is InChI=1S/C24H24N4O6/c1-5-34-24(30)23-17(11-28-13-25-12-26-28)27-16-10-21(33-4)20(32-3)9-15(16)22(23)14-6-7-18(29)19(8-14)31-2/h6-10,12-13,29H,5,11H2,1-4H3. The van der Waals surface area contributed by atoms with E-state index in [2.05, 4.69) is 10.1 Å². The number of benzene rings is 2. The fraction of sp³-hybridized carbons (Fsp3) is 0.250. The maximum atomic E-state index is 13.3. The van der Waals surface area contributed by atoms with Gasteiger partial charge in [0.2, 0.25) is 0 Å². The Morgan fingerprint density at radius 3 is 2.41 bits per heavy atom. The van der Waals surface area contributed by atoms with Crippen molar-refractivity contribution >= 4 is 16.9 Å². The number of hydrogen-bond donors (Lipinski definition) is 1. The summed E-state index contributed by atoms with van der Waals surface area (Å²) >= 11 is 0. The normalized spacial score (nSPS) is 10.8. The van der Waals surface area contributed by atoms with Crippen LogP contribution in [-0.2, 0) is 11.3 Å². The Bertz CT molecular complexity index is 1340. The highest BCUT2D eigenvalue weighted by molar-refractivity contribution is 6.08. The van der Waals surface area contributed by atoms with Gasteiger partial charge in [0.05, 0.1) is 51.3 Å². The molecule has 0 bridgehead atoms. The molecule has 0 aliphatic heterocycles. The van der Waals surface area contributed by atoms with Gasteiger partial charge < -0.3 is 24.1 Å². The van der Waals surface area contributed by atoms with E-state index in [-0.39, 0.29) is 30.2 Å². The molecule has 0 radical (unpaired) electrons. The van der Waals surface area contributed by atoms with E-state index >= 15 is 0 Å². The van der Waals surface area contributed by atoms with Crippen molar-refractivity contribution < 1.29 is 28.8 Å². The van der Waals surface area contributed by atoms with Crippen LogP contribution in [0.3, 0.4) is 0 Å². The maximum absolute atomic E-state index is 13.3. The lowest BCUT2D eigenvalue weighted by Gasteiger charge is -2.19. The van der Waals surface area contributed by atoms with E-state index < -0.39 is 5.97 Å². The molecule has 0 amide bonds. The minimum atomic E-state index is -0.538. The van der Waals surface area contributed by atoms with Gasteiger partial charge in [0.25, 0.3) is 0 Å². The summed E-state index contributed by atoms with van der Waals surface area (Å²) in [6, 6.07) is 8.37. The van der Waals surface area contributed by atoms with E-state index in [1.807, 2.05) is 0 Å². The van der Waals surface area contributed by atoms with Gasteiger partial charge in [-0.2, -0.15) is 5.10 Å². The van der Waals surface area contributed by atoms with Gasteiger partial charge >= 0.3 is 5.97 Å². The van der Waals surface area contributed by atoms with Crippen molar-refractivity contribution in [3.05, 3.63) is 54.2 Å². The third-order valence-corrected chi connectivity index (χ3v) is 5.29. The third kappa shape index (κ3) is 4.17. The predicted molar refractivity (Wildman–Crippen MR) is 124 cm³/mol. The Labute approximate surface area is 195 Å². The molecular formula is C24H24N4O6. The molecule has 176 valence electrons. The molecule has 4 aromatic rings. The van der Waals surface area contributed by atoms with Gasteiger partial charge in [-0.15, -0.1) is 0 Å². The van der Waals surface area contributed by atoms with Crippen LogP contribution in [-0.4, -0.2) is 58.8 Å². The minimum Gasteiger partial charge on any atom is -0.504 e. The first-order valence-corrected chi connectivity index (χ1v) is 10.5. The Morgan fingerprint density at radius 1 is 1.03 bits per heavy atom. The fourth-order valence-corrected chi connectivity index (χ4v) is 3.78. The second-order valence-electron chi connectivity index (χ2n) is 7.23. The van der Waals surface area contributed by atoms with Crippen LogP contribution in [0, 0.1) is 0 Å². The van der Waals surface area contributed by atoms with Gasteiger partial charge in [-0.3, -0.25) is 0 Å². The van der Waals surface area contributed by atoms with Crippen molar-refractivity contribution in [1.82, 2.24) is 19.7 Å². The maximum Gasteiger partial charge on any atom is 0.340 e. The average Bonchev–Trinajstić information content (AvgIpc) is 3.36. The van der Waals surface area contributed by atoms with E-state index in [9.17, 15) is 9.90 Å². The molecule has 0 fully saturated rings. The average molecular weight is 464 g/mol. The number of phenols is 1. The predicted octanol–water partition coefficient (Wildman–Crippen LogP) is 3.45. The molecule has 0 unspecified atom stereocenters. The zero-order valence-corrected chi connectivity index (χ0v) is 19.2. The molecule has 1 N–H and O–H groups in total. The van der Waals surface area contributed by atoms with Crippen molar-refractivity contribution in [3.8, 4) is 34.1 Å². The molecule has 0 aliphatic carbocycles. The molecule has 0 spiro atoms. The number of fused-ring (bicyclic) bond motifs is 1. The lowest BCUT2D eigenvalue weighted by Crippen LogP contribution is -2.15. The summed E-state index contributed by atoms with van der Waals surface area (Å²) in [6.45, 7) is 2.10. The molecule has 0 saturated carbocycles. The van der Waals surface area contributed by atoms with Crippen LogP contribution in [0.4, 0.5) is 0 Å². The minimum absolute atomic E-state index is 0.0237. The van der Waals surface area contributed by atoms with Crippen LogP contribution >= 0.6 is 0 Å². The van der Waals surface area contributed by atoms with Gasteiger partial charge in [-0.05, 0) is 30.7 Å². The van der Waals surface area contributed by atoms with Gasteiger partial charge in [0.1, 0.15) is 12.7 Å². The molecule has 2 aromatic heterocycles. The van der Waals surface area contributed by atoms with Gasteiger partial charge in [-0.1, -0.05) is 6.07 Å². The molecule has 0 saturated heterocycles. The van der Waals surface area contributed by atoms with Crippen LogP contribution in [0.15, 0.2) is 43.0 Å². The number of esters is 1. The lowest BCUT2D eigenvalue weighted by atomic mass is 9.93. The molecule has 2 aromatic carbocycles. The lowest BCUT2D eigenvalue weighted by molar-refractivity contribution is 0.0525. The Morgan fingerprint density at radius 2 is 1.76 bits per heavy atom. The van der Waals surface area contributed by atoms with Crippen LogP contribution in [0.25, 0.3) is 22.0 Å². The van der Waals surface area contributed by atoms with Gasteiger partial charge in [0.15, 0.2) is 23.0 Å². The van der Waals surface area contributed by atoms with Crippen LogP contribution in [0.1, 0.15) is 23.0 Å². The van der Waals surface area contributed by atoms with E-state index in [1.54, 1.807) is 49.3 Å². The topological polar surface area (TPSA) is 118 Å². The van der Waals surface area contributed by atoms with E-state index in [1.165, 1.54) is 26.6 Å². The van der Waals surface area contributed by atoms with Crippen molar-refractivity contribution in [2.75, 3.05) is 27.9 Å². The first kappa shape index (κ1) is 22.8. The number of carbonyl (C=O) groups is 1. The summed E-state index contributed by atoms with van der Waals surface area (Å²) in [4.78, 5) is 22.0. The number of carbonyl (C=O) groups excluding carboxylic acids is 1. The summed E-state index contributed by atoms with van der Waals surface area (Å²) in [5.41, 5.74) is 2.45. The Balaban J connectivity index is 2.12. The molecule has 0 atom stereocenters. The molecule has 34 heavy (non-hydrogen) atoms.